The molecule has 3 rings (SSSR count). The molecular weight excluding hydrogens is 421 g/mol. The zero-order valence-corrected chi connectivity index (χ0v) is 17.1. The van der Waals surface area contributed by atoms with Crippen molar-refractivity contribution in [2.75, 3.05) is 12.4 Å². The quantitative estimate of drug-likeness (QED) is 0.480. The zero-order valence-electron chi connectivity index (χ0n) is 14.8. The summed E-state index contributed by atoms with van der Waals surface area (Å²) in [5.74, 6) is 0.956. The second-order valence-corrected chi connectivity index (χ2v) is 7.13. The van der Waals surface area contributed by atoms with Gasteiger partial charge >= 0.3 is 0 Å². The predicted molar refractivity (Wildman–Crippen MR) is 113 cm³/mol. The lowest BCUT2D eigenvalue weighted by molar-refractivity contribution is 0.102. The van der Waals surface area contributed by atoms with E-state index in [4.69, 9.17) is 44.3 Å². The molecule has 0 heterocycles. The van der Waals surface area contributed by atoms with E-state index in [0.717, 1.165) is 5.56 Å². The van der Waals surface area contributed by atoms with E-state index in [1.165, 1.54) is 0 Å². The van der Waals surface area contributed by atoms with Crippen molar-refractivity contribution in [1.29, 1.82) is 0 Å². The average molecular weight is 437 g/mol. The molecule has 3 aromatic rings. The van der Waals surface area contributed by atoms with E-state index < -0.39 is 0 Å². The zero-order chi connectivity index (χ0) is 20.1. The van der Waals surface area contributed by atoms with Crippen LogP contribution in [0.15, 0.2) is 60.7 Å². The highest BCUT2D eigenvalue weighted by molar-refractivity contribution is 6.35. The normalized spacial score (nSPS) is 10.4. The van der Waals surface area contributed by atoms with Crippen molar-refractivity contribution in [1.82, 2.24) is 0 Å². The highest BCUT2D eigenvalue weighted by Crippen LogP contribution is 2.27. The molecule has 0 unspecified atom stereocenters. The molecule has 0 radical (unpaired) electrons. The molecule has 0 fully saturated rings. The minimum absolute atomic E-state index is 0.226. The maximum Gasteiger partial charge on any atom is 0.255 e. The lowest BCUT2D eigenvalue weighted by atomic mass is 10.1. The second-order valence-electron chi connectivity index (χ2n) is 5.85. The number of hydrogen-bond donors (Lipinski definition) is 1. The molecule has 0 aromatic heterocycles. The van der Waals surface area contributed by atoms with Crippen LogP contribution in [0.1, 0.15) is 15.9 Å². The van der Waals surface area contributed by atoms with Gasteiger partial charge < -0.3 is 14.8 Å². The van der Waals surface area contributed by atoms with E-state index in [0.29, 0.717) is 37.8 Å². The lowest BCUT2D eigenvalue weighted by Crippen LogP contribution is -2.13. The number of ether oxygens (including phenoxy) is 2. The first-order valence-corrected chi connectivity index (χ1v) is 9.41. The van der Waals surface area contributed by atoms with E-state index >= 15 is 0 Å². The number of hydrogen-bond acceptors (Lipinski definition) is 3. The van der Waals surface area contributed by atoms with Crippen LogP contribution < -0.4 is 14.8 Å². The van der Waals surface area contributed by atoms with Crippen LogP contribution in [0, 0.1) is 0 Å². The van der Waals surface area contributed by atoms with Gasteiger partial charge in [-0.3, -0.25) is 4.79 Å². The fraction of sp³-hybridized carbons (Fsp3) is 0.0952. The number of carbonyl (C=O) groups is 1. The Morgan fingerprint density at radius 3 is 2.36 bits per heavy atom. The number of benzene rings is 3. The van der Waals surface area contributed by atoms with Crippen molar-refractivity contribution in [2.24, 2.45) is 0 Å². The molecule has 3 aromatic carbocycles. The average Bonchev–Trinajstić information content (AvgIpc) is 2.70. The van der Waals surface area contributed by atoms with Gasteiger partial charge in [-0.2, -0.15) is 0 Å². The molecule has 1 N–H and O–H groups in total. The van der Waals surface area contributed by atoms with Gasteiger partial charge in [-0.25, -0.2) is 0 Å². The molecule has 28 heavy (non-hydrogen) atoms. The minimum Gasteiger partial charge on any atom is -0.496 e. The number of rotatable bonds is 6. The van der Waals surface area contributed by atoms with Gasteiger partial charge in [-0.1, -0.05) is 34.8 Å². The Bertz CT molecular complexity index is 991. The Balaban J connectivity index is 1.78. The van der Waals surface area contributed by atoms with Gasteiger partial charge in [0.15, 0.2) is 0 Å². The lowest BCUT2D eigenvalue weighted by Gasteiger charge is -2.13. The first-order chi connectivity index (χ1) is 13.5. The SMILES string of the molecule is COc1ccc(C(=O)Nc2cc(Cl)ccc2Cl)cc1COc1ccc(Cl)cc1. The molecule has 144 valence electrons. The molecule has 4 nitrogen and oxygen atoms in total. The molecule has 0 saturated carbocycles. The predicted octanol–water partition coefficient (Wildman–Crippen LogP) is 6.49. The number of methoxy groups -OCH3 is 1. The van der Waals surface area contributed by atoms with Gasteiger partial charge in [0.2, 0.25) is 0 Å². The van der Waals surface area contributed by atoms with Crippen molar-refractivity contribution in [3.63, 3.8) is 0 Å². The summed E-state index contributed by atoms with van der Waals surface area (Å²) in [7, 11) is 1.56. The minimum atomic E-state index is -0.320. The molecule has 0 atom stereocenters. The fourth-order valence-corrected chi connectivity index (χ4v) is 2.98. The van der Waals surface area contributed by atoms with Gasteiger partial charge in [0, 0.05) is 21.2 Å². The topological polar surface area (TPSA) is 47.6 Å². The van der Waals surface area contributed by atoms with Crippen LogP contribution in [0.5, 0.6) is 11.5 Å². The molecular formula is C21H16Cl3NO3. The summed E-state index contributed by atoms with van der Waals surface area (Å²) < 4.78 is 11.1. The van der Waals surface area contributed by atoms with E-state index in [9.17, 15) is 4.79 Å². The van der Waals surface area contributed by atoms with Crippen molar-refractivity contribution in [3.05, 3.63) is 86.9 Å². The van der Waals surface area contributed by atoms with Crippen molar-refractivity contribution in [2.45, 2.75) is 6.61 Å². The van der Waals surface area contributed by atoms with Gasteiger partial charge in [-0.05, 0) is 60.7 Å². The summed E-state index contributed by atoms with van der Waals surface area (Å²) in [6, 6.07) is 17.0. The smallest absolute Gasteiger partial charge is 0.255 e. The molecule has 0 aliphatic carbocycles. The Labute approximate surface area is 177 Å². The third kappa shape index (κ3) is 5.10. The Morgan fingerprint density at radius 2 is 1.64 bits per heavy atom. The summed E-state index contributed by atoms with van der Waals surface area (Å²) >= 11 is 18.0. The highest BCUT2D eigenvalue weighted by atomic mass is 35.5. The van der Waals surface area contributed by atoms with Crippen LogP contribution in [-0.4, -0.2) is 13.0 Å². The van der Waals surface area contributed by atoms with E-state index in [2.05, 4.69) is 5.32 Å². The number of nitrogens with one attached hydrogen (secondary N) is 1. The number of carbonyl (C=O) groups excluding carboxylic acids is 1. The third-order valence-electron chi connectivity index (χ3n) is 3.93. The molecule has 0 aliphatic rings. The summed E-state index contributed by atoms with van der Waals surface area (Å²) in [5.41, 5.74) is 1.60. The van der Waals surface area contributed by atoms with Gasteiger partial charge in [0.1, 0.15) is 18.1 Å². The van der Waals surface area contributed by atoms with Crippen LogP contribution in [0.3, 0.4) is 0 Å². The largest absolute Gasteiger partial charge is 0.496 e. The summed E-state index contributed by atoms with van der Waals surface area (Å²) in [5, 5.41) is 4.27. The van der Waals surface area contributed by atoms with E-state index in [-0.39, 0.29) is 12.5 Å². The van der Waals surface area contributed by atoms with Gasteiger partial charge in [-0.15, -0.1) is 0 Å². The summed E-state index contributed by atoms with van der Waals surface area (Å²) in [6.45, 7) is 0.226. The number of halogens is 3. The third-order valence-corrected chi connectivity index (χ3v) is 4.74. The van der Waals surface area contributed by atoms with E-state index in [1.807, 2.05) is 0 Å². The van der Waals surface area contributed by atoms with Crippen LogP contribution in [0.25, 0.3) is 0 Å². The number of amides is 1. The van der Waals surface area contributed by atoms with Crippen LogP contribution in [0.2, 0.25) is 15.1 Å². The molecule has 7 heteroatoms. The Morgan fingerprint density at radius 1 is 0.929 bits per heavy atom. The fourth-order valence-electron chi connectivity index (χ4n) is 2.51. The van der Waals surface area contributed by atoms with Crippen molar-refractivity contribution < 1.29 is 14.3 Å². The maximum absolute atomic E-state index is 12.6. The molecule has 0 aliphatic heterocycles. The first-order valence-electron chi connectivity index (χ1n) is 8.28. The van der Waals surface area contributed by atoms with Crippen molar-refractivity contribution >= 4 is 46.4 Å². The molecule has 0 bridgehead atoms. The maximum atomic E-state index is 12.6. The van der Waals surface area contributed by atoms with Crippen molar-refractivity contribution in [3.8, 4) is 11.5 Å². The Kier molecular flexibility index (Phi) is 6.68. The molecule has 0 saturated heterocycles. The first kappa shape index (κ1) is 20.3. The Hall–Kier alpha value is -2.40. The van der Waals surface area contributed by atoms with Crippen LogP contribution in [-0.2, 0) is 6.61 Å². The summed E-state index contributed by atoms with van der Waals surface area (Å²) in [4.78, 5) is 12.6. The highest BCUT2D eigenvalue weighted by Gasteiger charge is 2.13. The van der Waals surface area contributed by atoms with Crippen LogP contribution in [0.4, 0.5) is 5.69 Å². The van der Waals surface area contributed by atoms with Gasteiger partial charge in [0.05, 0.1) is 17.8 Å². The number of anilines is 1. The summed E-state index contributed by atoms with van der Waals surface area (Å²) in [6.07, 6.45) is 0. The monoisotopic (exact) mass is 435 g/mol. The van der Waals surface area contributed by atoms with E-state index in [1.54, 1.807) is 67.8 Å². The molecule has 0 spiro atoms. The second kappa shape index (κ2) is 9.20. The van der Waals surface area contributed by atoms with Crippen LogP contribution >= 0.6 is 34.8 Å². The van der Waals surface area contributed by atoms with Gasteiger partial charge in [0.25, 0.3) is 5.91 Å². The standard InChI is InChI=1S/C21H16Cl3NO3/c1-27-20-9-2-13(21(26)25-19-11-16(23)5-8-18(19)24)10-14(20)12-28-17-6-3-15(22)4-7-17/h2-11H,12H2,1H3,(H,25,26). The molecule has 1 amide bonds.